The number of ether oxygens (including phenoxy) is 1. The highest BCUT2D eigenvalue weighted by Crippen LogP contribution is 2.31. The van der Waals surface area contributed by atoms with Gasteiger partial charge in [-0.15, -0.1) is 0 Å². The van der Waals surface area contributed by atoms with Gasteiger partial charge in [0.2, 0.25) is 0 Å². The summed E-state index contributed by atoms with van der Waals surface area (Å²) >= 11 is 0. The lowest BCUT2D eigenvalue weighted by Gasteiger charge is -2.28. The van der Waals surface area contributed by atoms with Crippen LogP contribution in [0.2, 0.25) is 0 Å². The number of nitrogens with one attached hydrogen (secondary N) is 2. The molecule has 0 saturated heterocycles. The van der Waals surface area contributed by atoms with Crippen molar-refractivity contribution in [1.29, 1.82) is 0 Å². The van der Waals surface area contributed by atoms with E-state index in [0.29, 0.717) is 17.0 Å². The summed E-state index contributed by atoms with van der Waals surface area (Å²) in [5.41, 5.74) is 5.66. The molecule has 2 heterocycles. The number of para-hydroxylation sites is 3. The van der Waals surface area contributed by atoms with Crippen LogP contribution in [-0.4, -0.2) is 30.9 Å². The van der Waals surface area contributed by atoms with E-state index in [-0.39, 0.29) is 24.8 Å². The zero-order chi connectivity index (χ0) is 18.8. The molecular formula is C19H15N3O5. The Morgan fingerprint density at radius 2 is 1.81 bits per heavy atom. The summed E-state index contributed by atoms with van der Waals surface area (Å²) in [6, 6.07) is 15.7. The Morgan fingerprint density at radius 3 is 2.67 bits per heavy atom. The number of nitrogens with zero attached hydrogens (tertiary/aromatic N) is 1. The van der Waals surface area contributed by atoms with E-state index in [1.807, 2.05) is 12.1 Å². The van der Waals surface area contributed by atoms with Crippen LogP contribution in [0, 0.1) is 0 Å². The average molecular weight is 365 g/mol. The highest BCUT2D eigenvalue weighted by molar-refractivity contribution is 6.03. The maximum Gasteiger partial charge on any atom is 0.305 e. The molecule has 27 heavy (non-hydrogen) atoms. The van der Waals surface area contributed by atoms with Gasteiger partial charge in [0.15, 0.2) is 12.4 Å². The average Bonchev–Trinajstić information content (AvgIpc) is 3.13. The van der Waals surface area contributed by atoms with Gasteiger partial charge in [0.25, 0.3) is 11.8 Å². The first-order chi connectivity index (χ1) is 13.1. The molecule has 4 rings (SSSR count). The van der Waals surface area contributed by atoms with E-state index in [1.54, 1.807) is 42.5 Å². The van der Waals surface area contributed by atoms with Gasteiger partial charge >= 0.3 is 5.91 Å². The third-order valence-electron chi connectivity index (χ3n) is 4.07. The van der Waals surface area contributed by atoms with Gasteiger partial charge < -0.3 is 9.15 Å². The van der Waals surface area contributed by atoms with Crippen LogP contribution in [0.15, 0.2) is 59.0 Å². The molecule has 8 nitrogen and oxygen atoms in total. The Balaban J connectivity index is 1.40. The van der Waals surface area contributed by atoms with Crippen molar-refractivity contribution in [2.75, 3.05) is 18.1 Å². The monoisotopic (exact) mass is 365 g/mol. The molecule has 0 atom stereocenters. The maximum atomic E-state index is 12.2. The van der Waals surface area contributed by atoms with Gasteiger partial charge in [0.05, 0.1) is 5.69 Å². The van der Waals surface area contributed by atoms with Crippen molar-refractivity contribution in [1.82, 2.24) is 10.9 Å². The number of furan rings is 1. The van der Waals surface area contributed by atoms with Crippen molar-refractivity contribution in [3.8, 4) is 5.75 Å². The van der Waals surface area contributed by atoms with E-state index in [9.17, 15) is 14.4 Å². The second-order valence-electron chi connectivity index (χ2n) is 5.89. The first-order valence-electron chi connectivity index (χ1n) is 8.22. The maximum absolute atomic E-state index is 12.2. The zero-order valence-electron chi connectivity index (χ0n) is 14.1. The first-order valence-corrected chi connectivity index (χ1v) is 8.22. The van der Waals surface area contributed by atoms with Crippen LogP contribution in [0.5, 0.6) is 5.75 Å². The molecule has 0 aliphatic carbocycles. The molecular weight excluding hydrogens is 350 g/mol. The Bertz CT molecular complexity index is 1010. The van der Waals surface area contributed by atoms with Crippen molar-refractivity contribution in [3.63, 3.8) is 0 Å². The molecule has 0 fully saturated rings. The fourth-order valence-electron chi connectivity index (χ4n) is 2.79. The minimum atomic E-state index is -0.590. The van der Waals surface area contributed by atoms with Crippen LogP contribution in [0.25, 0.3) is 11.0 Å². The number of amides is 3. The number of hydrazine groups is 1. The van der Waals surface area contributed by atoms with E-state index in [4.69, 9.17) is 9.15 Å². The third kappa shape index (κ3) is 3.32. The number of carbonyl (C=O) groups is 3. The molecule has 1 aliphatic rings. The van der Waals surface area contributed by atoms with E-state index < -0.39 is 11.8 Å². The van der Waals surface area contributed by atoms with Crippen molar-refractivity contribution < 1.29 is 23.5 Å². The molecule has 3 aromatic rings. The third-order valence-corrected chi connectivity index (χ3v) is 4.07. The normalized spacial score (nSPS) is 13.0. The predicted molar refractivity (Wildman–Crippen MR) is 96.1 cm³/mol. The molecule has 1 aliphatic heterocycles. The van der Waals surface area contributed by atoms with Crippen LogP contribution in [0.4, 0.5) is 5.69 Å². The second kappa shape index (κ2) is 6.83. The zero-order valence-corrected chi connectivity index (χ0v) is 14.1. The highest BCUT2D eigenvalue weighted by Gasteiger charge is 2.27. The van der Waals surface area contributed by atoms with Gasteiger partial charge in [-0.05, 0) is 24.3 Å². The summed E-state index contributed by atoms with van der Waals surface area (Å²) < 4.78 is 10.8. The van der Waals surface area contributed by atoms with Crippen molar-refractivity contribution in [2.24, 2.45) is 0 Å². The minimum Gasteiger partial charge on any atom is -0.482 e. The van der Waals surface area contributed by atoms with Crippen molar-refractivity contribution >= 4 is 34.4 Å². The Hall–Kier alpha value is -3.81. The quantitative estimate of drug-likeness (QED) is 0.687. The molecule has 0 saturated carbocycles. The Labute approximate surface area is 153 Å². The fraction of sp³-hybridized carbons (Fsp3) is 0.105. The summed E-state index contributed by atoms with van der Waals surface area (Å²) in [5.74, 6) is -0.884. The molecule has 2 N–H and O–H groups in total. The number of hydrogen-bond donors (Lipinski definition) is 2. The summed E-state index contributed by atoms with van der Waals surface area (Å²) in [5, 5.41) is 0.782. The molecule has 8 heteroatoms. The molecule has 136 valence electrons. The van der Waals surface area contributed by atoms with E-state index in [1.165, 1.54) is 4.90 Å². The molecule has 0 radical (unpaired) electrons. The number of benzene rings is 2. The van der Waals surface area contributed by atoms with Gasteiger partial charge in [-0.1, -0.05) is 30.3 Å². The van der Waals surface area contributed by atoms with Gasteiger partial charge in [0, 0.05) is 5.39 Å². The number of hydrogen-bond acceptors (Lipinski definition) is 5. The SMILES string of the molecule is O=C(CN1C(=O)COc2ccccc21)NNC(=O)c1cc2ccccc2o1. The second-order valence-corrected chi connectivity index (χ2v) is 5.89. The predicted octanol–water partition coefficient (Wildman–Crippen LogP) is 1.62. The van der Waals surface area contributed by atoms with Gasteiger partial charge in [-0.3, -0.25) is 30.1 Å². The number of anilines is 1. The molecule has 2 aromatic carbocycles. The van der Waals surface area contributed by atoms with E-state index in [0.717, 1.165) is 5.39 Å². The van der Waals surface area contributed by atoms with Crippen LogP contribution in [-0.2, 0) is 9.59 Å². The van der Waals surface area contributed by atoms with Crippen molar-refractivity contribution in [2.45, 2.75) is 0 Å². The molecule has 0 unspecified atom stereocenters. The number of carbonyl (C=O) groups excluding carboxylic acids is 3. The van der Waals surface area contributed by atoms with Crippen LogP contribution in [0.3, 0.4) is 0 Å². The summed E-state index contributed by atoms with van der Waals surface area (Å²) in [4.78, 5) is 37.7. The van der Waals surface area contributed by atoms with E-state index >= 15 is 0 Å². The molecule has 3 amide bonds. The van der Waals surface area contributed by atoms with Crippen LogP contribution in [0.1, 0.15) is 10.6 Å². The molecule has 0 spiro atoms. The number of rotatable bonds is 3. The summed E-state index contributed by atoms with van der Waals surface area (Å²) in [6.07, 6.45) is 0. The lowest BCUT2D eigenvalue weighted by atomic mass is 10.2. The minimum absolute atomic E-state index is 0.0734. The Kier molecular flexibility index (Phi) is 4.21. The van der Waals surface area contributed by atoms with E-state index in [2.05, 4.69) is 10.9 Å². The summed E-state index contributed by atoms with van der Waals surface area (Å²) in [6.45, 7) is -0.394. The van der Waals surface area contributed by atoms with Crippen molar-refractivity contribution in [3.05, 3.63) is 60.4 Å². The first kappa shape index (κ1) is 16.6. The molecule has 0 bridgehead atoms. The number of fused-ring (bicyclic) bond motifs is 2. The van der Waals surface area contributed by atoms with Gasteiger partial charge in [0.1, 0.15) is 17.9 Å². The molecule has 1 aromatic heterocycles. The Morgan fingerprint density at radius 1 is 1.04 bits per heavy atom. The summed E-state index contributed by atoms with van der Waals surface area (Å²) in [7, 11) is 0. The fourth-order valence-corrected chi connectivity index (χ4v) is 2.79. The smallest absolute Gasteiger partial charge is 0.305 e. The van der Waals surface area contributed by atoms with Crippen LogP contribution >= 0.6 is 0 Å². The highest BCUT2D eigenvalue weighted by atomic mass is 16.5. The standard InChI is InChI=1S/C19H15N3O5/c23-17(10-22-13-6-2-4-8-15(13)26-11-18(22)24)20-21-19(25)16-9-12-5-1-3-7-14(12)27-16/h1-9H,10-11H2,(H,20,23)(H,21,25). The lowest BCUT2D eigenvalue weighted by molar-refractivity contribution is -0.125. The van der Waals surface area contributed by atoms with Gasteiger partial charge in [-0.25, -0.2) is 0 Å². The van der Waals surface area contributed by atoms with Gasteiger partial charge in [-0.2, -0.15) is 0 Å². The van der Waals surface area contributed by atoms with Crippen LogP contribution < -0.4 is 20.5 Å². The largest absolute Gasteiger partial charge is 0.482 e. The lowest BCUT2D eigenvalue weighted by Crippen LogP contribution is -2.49. The topological polar surface area (TPSA) is 101 Å².